The lowest BCUT2D eigenvalue weighted by Gasteiger charge is -2.33. The molecule has 2 aromatic rings. The maximum atomic E-state index is 13.1. The summed E-state index contributed by atoms with van der Waals surface area (Å²) in [6, 6.07) is 16.7. The summed E-state index contributed by atoms with van der Waals surface area (Å²) >= 11 is 0. The van der Waals surface area contributed by atoms with Crippen LogP contribution in [-0.4, -0.2) is 68.4 Å². The number of nitrogens with zero attached hydrogens (tertiary/aromatic N) is 2. The third-order valence-corrected chi connectivity index (χ3v) is 8.81. The Morgan fingerprint density at radius 2 is 1.67 bits per heavy atom. The van der Waals surface area contributed by atoms with Gasteiger partial charge in [0.25, 0.3) is 5.91 Å². The van der Waals surface area contributed by atoms with Crippen molar-refractivity contribution < 1.29 is 17.9 Å². The molecule has 1 aliphatic carbocycles. The number of piperazine rings is 1. The van der Waals surface area contributed by atoms with Gasteiger partial charge in [-0.1, -0.05) is 61.7 Å². The zero-order chi connectivity index (χ0) is 25.4. The molecule has 194 valence electrons. The fourth-order valence-corrected chi connectivity index (χ4v) is 6.14. The number of benzene rings is 2. The van der Waals surface area contributed by atoms with Crippen molar-refractivity contribution in [2.75, 3.05) is 32.7 Å². The second-order valence-electron chi connectivity index (χ2n) is 9.59. The van der Waals surface area contributed by atoms with Crippen LogP contribution in [0.3, 0.4) is 0 Å². The summed E-state index contributed by atoms with van der Waals surface area (Å²) < 4.78 is 33.6. The monoisotopic (exact) mass is 511 g/mol. The Morgan fingerprint density at radius 1 is 1.00 bits per heavy atom. The first-order valence-corrected chi connectivity index (χ1v) is 14.4. The zero-order valence-corrected chi connectivity index (χ0v) is 21.8. The minimum atomic E-state index is -3.58. The van der Waals surface area contributed by atoms with Gasteiger partial charge in [-0.25, -0.2) is 8.42 Å². The minimum Gasteiger partial charge on any atom is -0.481 e. The van der Waals surface area contributed by atoms with Gasteiger partial charge in [-0.3, -0.25) is 9.69 Å². The van der Waals surface area contributed by atoms with Gasteiger partial charge in [0.1, 0.15) is 5.75 Å². The van der Waals surface area contributed by atoms with Crippen molar-refractivity contribution in [3.05, 3.63) is 66.2 Å². The van der Waals surface area contributed by atoms with Gasteiger partial charge in [-0.2, -0.15) is 4.31 Å². The Labute approximate surface area is 215 Å². The summed E-state index contributed by atoms with van der Waals surface area (Å²) in [5.74, 6) is 0.352. The van der Waals surface area contributed by atoms with E-state index in [1.807, 2.05) is 18.2 Å². The van der Waals surface area contributed by atoms with Crippen LogP contribution in [0.1, 0.15) is 44.6 Å². The topological polar surface area (TPSA) is 79.0 Å². The van der Waals surface area contributed by atoms with Gasteiger partial charge in [0.05, 0.1) is 4.90 Å². The van der Waals surface area contributed by atoms with E-state index in [2.05, 4.69) is 34.5 Å². The fourth-order valence-electron chi connectivity index (χ4n) is 4.72. The highest BCUT2D eigenvalue weighted by Gasteiger charge is 2.28. The van der Waals surface area contributed by atoms with Gasteiger partial charge in [0.2, 0.25) is 10.0 Å². The zero-order valence-electron chi connectivity index (χ0n) is 21.0. The molecule has 4 rings (SSSR count). The Kier molecular flexibility index (Phi) is 9.18. The van der Waals surface area contributed by atoms with E-state index < -0.39 is 16.1 Å². The summed E-state index contributed by atoms with van der Waals surface area (Å²) in [6.07, 6.45) is 9.14. The second-order valence-corrected chi connectivity index (χ2v) is 11.5. The van der Waals surface area contributed by atoms with E-state index in [4.69, 9.17) is 4.74 Å². The smallest absolute Gasteiger partial charge is 0.260 e. The summed E-state index contributed by atoms with van der Waals surface area (Å²) in [7, 11) is -3.58. The molecular formula is C28H37N3O4S. The van der Waals surface area contributed by atoms with Crippen LogP contribution in [-0.2, 0) is 14.8 Å². The molecule has 0 radical (unpaired) electrons. The van der Waals surface area contributed by atoms with Crippen LogP contribution >= 0.6 is 0 Å². The predicted molar refractivity (Wildman–Crippen MR) is 142 cm³/mol. The number of ether oxygens (including phenoxy) is 1. The van der Waals surface area contributed by atoms with Crippen LogP contribution in [0, 0.1) is 0 Å². The Hall–Kier alpha value is -2.68. The van der Waals surface area contributed by atoms with Crippen LogP contribution in [0.15, 0.2) is 65.6 Å². The number of hydrogen-bond donors (Lipinski definition) is 1. The van der Waals surface area contributed by atoms with Crippen molar-refractivity contribution in [3.63, 3.8) is 0 Å². The first-order chi connectivity index (χ1) is 17.4. The maximum Gasteiger partial charge on any atom is 0.260 e. The predicted octanol–water partition coefficient (Wildman–Crippen LogP) is 3.92. The molecule has 1 saturated carbocycles. The van der Waals surface area contributed by atoms with Gasteiger partial charge >= 0.3 is 0 Å². The minimum absolute atomic E-state index is 0.130. The van der Waals surface area contributed by atoms with Crippen molar-refractivity contribution >= 4 is 22.0 Å². The average molecular weight is 512 g/mol. The lowest BCUT2D eigenvalue weighted by Crippen LogP contribution is -2.48. The molecule has 0 bridgehead atoms. The molecule has 1 saturated heterocycles. The van der Waals surface area contributed by atoms with Crippen LogP contribution in [0.4, 0.5) is 0 Å². The molecular weight excluding hydrogens is 474 g/mol. The maximum absolute atomic E-state index is 13.1. The number of amides is 1. The summed E-state index contributed by atoms with van der Waals surface area (Å²) in [5.41, 5.74) is 1.16. The average Bonchev–Trinajstić information content (AvgIpc) is 2.90. The molecule has 8 heteroatoms. The lowest BCUT2D eigenvalue weighted by atomic mass is 9.95. The highest BCUT2D eigenvalue weighted by Crippen LogP contribution is 2.22. The van der Waals surface area contributed by atoms with Crippen molar-refractivity contribution in [1.82, 2.24) is 14.5 Å². The fraction of sp³-hybridized carbons (Fsp3) is 0.464. The number of carbonyl (C=O) groups excluding carboxylic acids is 1. The number of rotatable bonds is 9. The van der Waals surface area contributed by atoms with Crippen molar-refractivity contribution in [3.8, 4) is 5.75 Å². The van der Waals surface area contributed by atoms with Gasteiger partial charge in [-0.05, 0) is 49.6 Å². The van der Waals surface area contributed by atoms with Crippen molar-refractivity contribution in [1.29, 1.82) is 0 Å². The normalized spacial score (nSPS) is 19.2. The lowest BCUT2D eigenvalue weighted by molar-refractivity contribution is -0.128. The van der Waals surface area contributed by atoms with E-state index in [0.717, 1.165) is 37.8 Å². The SMILES string of the molecule is C[C@@H](Oc1ccc(S(=O)(=O)N2CCN(C/C=C/c3ccccc3)CC2)cc1)C(=O)NC1CCCCC1. The standard InChI is InChI=1S/C28H37N3O4S/c1-23(28(32)29-25-12-6-3-7-13-25)35-26-14-16-27(17-15-26)36(33,34)31-21-19-30(20-22-31)18-8-11-24-9-4-2-5-10-24/h2,4-5,8-11,14-17,23,25H,3,6-7,12-13,18-22H2,1H3,(H,29,32)/b11-8+/t23-/m1/s1. The molecule has 1 amide bonds. The molecule has 0 spiro atoms. The molecule has 7 nitrogen and oxygen atoms in total. The van der Waals surface area contributed by atoms with Gasteiger partial charge in [-0.15, -0.1) is 0 Å². The third kappa shape index (κ3) is 7.18. The summed E-state index contributed by atoms with van der Waals surface area (Å²) in [5, 5.41) is 3.07. The van der Waals surface area contributed by atoms with Gasteiger partial charge in [0, 0.05) is 38.8 Å². The van der Waals surface area contributed by atoms with Crippen LogP contribution in [0.5, 0.6) is 5.75 Å². The van der Waals surface area contributed by atoms with E-state index in [1.54, 1.807) is 35.5 Å². The molecule has 1 N–H and O–H groups in total. The quantitative estimate of drug-likeness (QED) is 0.552. The van der Waals surface area contributed by atoms with Gasteiger partial charge < -0.3 is 10.1 Å². The summed E-state index contributed by atoms with van der Waals surface area (Å²) in [6.45, 7) is 4.80. The van der Waals surface area contributed by atoms with E-state index in [-0.39, 0.29) is 16.8 Å². The first-order valence-electron chi connectivity index (χ1n) is 12.9. The first kappa shape index (κ1) is 26.4. The van der Waals surface area contributed by atoms with Crippen LogP contribution in [0.2, 0.25) is 0 Å². The number of sulfonamides is 1. The Balaban J connectivity index is 1.25. The van der Waals surface area contributed by atoms with Crippen LogP contribution in [0.25, 0.3) is 6.08 Å². The molecule has 1 heterocycles. The highest BCUT2D eigenvalue weighted by atomic mass is 32.2. The number of nitrogens with one attached hydrogen (secondary N) is 1. The summed E-state index contributed by atoms with van der Waals surface area (Å²) in [4.78, 5) is 15.0. The van der Waals surface area contributed by atoms with Crippen LogP contribution < -0.4 is 10.1 Å². The highest BCUT2D eigenvalue weighted by molar-refractivity contribution is 7.89. The Morgan fingerprint density at radius 3 is 2.33 bits per heavy atom. The molecule has 1 atom stereocenters. The van der Waals surface area contributed by atoms with E-state index in [1.165, 1.54) is 6.42 Å². The van der Waals surface area contributed by atoms with E-state index >= 15 is 0 Å². The molecule has 1 aliphatic heterocycles. The molecule has 2 aliphatic rings. The van der Waals surface area contributed by atoms with E-state index in [9.17, 15) is 13.2 Å². The second kappa shape index (κ2) is 12.5. The molecule has 36 heavy (non-hydrogen) atoms. The van der Waals surface area contributed by atoms with Crippen molar-refractivity contribution in [2.24, 2.45) is 0 Å². The van der Waals surface area contributed by atoms with Crippen molar-refractivity contribution in [2.45, 2.75) is 56.1 Å². The molecule has 0 unspecified atom stereocenters. The molecule has 0 aromatic heterocycles. The third-order valence-electron chi connectivity index (χ3n) is 6.90. The number of carbonyl (C=O) groups is 1. The molecule has 2 fully saturated rings. The number of hydrogen-bond acceptors (Lipinski definition) is 5. The Bertz CT molecular complexity index is 1110. The van der Waals surface area contributed by atoms with E-state index in [0.29, 0.717) is 31.9 Å². The largest absolute Gasteiger partial charge is 0.481 e. The van der Waals surface area contributed by atoms with Gasteiger partial charge in [0.15, 0.2) is 6.10 Å². The molecule has 2 aromatic carbocycles.